The lowest BCUT2D eigenvalue weighted by atomic mass is 9.83. The Kier molecular flexibility index (Phi) is 7.75. The summed E-state index contributed by atoms with van der Waals surface area (Å²) in [5.41, 5.74) is 9.70. The van der Waals surface area contributed by atoms with Gasteiger partial charge in [0.05, 0.1) is 18.6 Å². The number of rotatable bonds is 8. The van der Waals surface area contributed by atoms with Crippen LogP contribution in [0.1, 0.15) is 89.7 Å². The normalized spacial score (nSPS) is 17.1. The molecule has 2 aliphatic rings. The van der Waals surface area contributed by atoms with E-state index in [9.17, 15) is 9.90 Å². The van der Waals surface area contributed by atoms with Gasteiger partial charge >= 0.3 is 0 Å². The molecule has 2 aromatic carbocycles. The highest BCUT2D eigenvalue weighted by Crippen LogP contribution is 2.39. The molecule has 0 spiro atoms. The predicted octanol–water partition coefficient (Wildman–Crippen LogP) is 6.70. The highest BCUT2D eigenvalue weighted by molar-refractivity contribution is 5.86. The number of pyridine rings is 1. The van der Waals surface area contributed by atoms with E-state index in [1.54, 1.807) is 0 Å². The minimum atomic E-state index is -0.399. The number of fused-ring (bicyclic) bond motifs is 3. The molecule has 4 aromatic rings. The molecule has 40 heavy (non-hydrogen) atoms. The smallest absolute Gasteiger partial charge is 0.228 e. The summed E-state index contributed by atoms with van der Waals surface area (Å²) in [4.78, 5) is 18.8. The number of aliphatic hydroxyl groups is 1. The summed E-state index contributed by atoms with van der Waals surface area (Å²) in [7, 11) is 0. The van der Waals surface area contributed by atoms with E-state index in [4.69, 9.17) is 4.98 Å². The molecule has 1 saturated carbocycles. The summed E-state index contributed by atoms with van der Waals surface area (Å²) >= 11 is 0. The minimum absolute atomic E-state index is 0.0168. The van der Waals surface area contributed by atoms with Crippen molar-refractivity contribution < 1.29 is 9.90 Å². The number of carbonyl (C=O) groups is 1. The molecule has 2 aromatic heterocycles. The quantitative estimate of drug-likeness (QED) is 0.264. The van der Waals surface area contributed by atoms with Crippen LogP contribution in [0.4, 0.5) is 0 Å². The SMILES string of the molecule is Cc1cc(C)c2c3c(n(Cc4ccc(C(C(=O)NC(CO)c5ccccc5)C5CCCC5)cc4)c2n1)CCCC3. The molecule has 0 saturated heterocycles. The fraction of sp³-hybridized carbons (Fsp3) is 0.429. The van der Waals surface area contributed by atoms with Crippen molar-refractivity contribution in [1.82, 2.24) is 14.9 Å². The van der Waals surface area contributed by atoms with E-state index in [0.29, 0.717) is 5.92 Å². The van der Waals surface area contributed by atoms with Crippen LogP contribution >= 0.6 is 0 Å². The molecule has 1 fully saturated rings. The first kappa shape index (κ1) is 26.8. The predicted molar refractivity (Wildman–Crippen MR) is 161 cm³/mol. The Balaban J connectivity index is 1.28. The number of nitrogens with one attached hydrogen (secondary N) is 1. The second kappa shape index (κ2) is 11.6. The van der Waals surface area contributed by atoms with Gasteiger partial charge in [-0.15, -0.1) is 0 Å². The number of nitrogens with zero attached hydrogens (tertiary/aromatic N) is 2. The van der Waals surface area contributed by atoms with E-state index in [2.05, 4.69) is 54.1 Å². The zero-order chi connectivity index (χ0) is 27.6. The van der Waals surface area contributed by atoms with Crippen molar-refractivity contribution in [2.24, 2.45) is 5.92 Å². The average molecular weight is 536 g/mol. The number of carbonyl (C=O) groups excluding carboxylic acids is 1. The van der Waals surface area contributed by atoms with Gasteiger partial charge in [0.1, 0.15) is 5.65 Å². The maximum absolute atomic E-state index is 13.8. The Morgan fingerprint density at radius 1 is 0.975 bits per heavy atom. The summed E-state index contributed by atoms with van der Waals surface area (Å²) in [6.07, 6.45) is 9.22. The molecule has 0 radical (unpaired) electrons. The largest absolute Gasteiger partial charge is 0.394 e. The Labute approximate surface area is 237 Å². The zero-order valence-corrected chi connectivity index (χ0v) is 23.8. The van der Waals surface area contributed by atoms with Crippen molar-refractivity contribution in [3.63, 3.8) is 0 Å². The maximum atomic E-state index is 13.8. The maximum Gasteiger partial charge on any atom is 0.228 e. The van der Waals surface area contributed by atoms with E-state index < -0.39 is 6.04 Å². The third kappa shape index (κ3) is 5.19. The van der Waals surface area contributed by atoms with Gasteiger partial charge < -0.3 is 15.0 Å². The van der Waals surface area contributed by atoms with E-state index >= 15 is 0 Å². The van der Waals surface area contributed by atoms with Gasteiger partial charge in [0.25, 0.3) is 0 Å². The second-order valence-electron chi connectivity index (χ2n) is 11.9. The van der Waals surface area contributed by atoms with E-state index in [1.165, 1.54) is 53.5 Å². The lowest BCUT2D eigenvalue weighted by molar-refractivity contribution is -0.124. The summed E-state index contributed by atoms with van der Waals surface area (Å²) < 4.78 is 2.45. The van der Waals surface area contributed by atoms with Gasteiger partial charge in [-0.25, -0.2) is 4.98 Å². The number of aryl methyl sites for hydroxylation is 3. The summed E-state index contributed by atoms with van der Waals surface area (Å²) in [6, 6.07) is 20.3. The van der Waals surface area contributed by atoms with Crippen molar-refractivity contribution in [3.8, 4) is 0 Å². The van der Waals surface area contributed by atoms with Gasteiger partial charge in [0, 0.05) is 23.3 Å². The number of aliphatic hydroxyl groups excluding tert-OH is 1. The van der Waals surface area contributed by atoms with Crippen molar-refractivity contribution in [1.29, 1.82) is 0 Å². The van der Waals surface area contributed by atoms with Crippen LogP contribution in [0.5, 0.6) is 0 Å². The van der Waals surface area contributed by atoms with Gasteiger partial charge in [0.15, 0.2) is 0 Å². The molecule has 2 atom stereocenters. The van der Waals surface area contributed by atoms with Gasteiger partial charge in [-0.3, -0.25) is 4.79 Å². The summed E-state index contributed by atoms with van der Waals surface area (Å²) in [5, 5.41) is 14.6. The van der Waals surface area contributed by atoms with Crippen LogP contribution in [0, 0.1) is 19.8 Å². The van der Waals surface area contributed by atoms with Gasteiger partial charge in [0.2, 0.25) is 5.91 Å². The van der Waals surface area contributed by atoms with E-state index in [-0.39, 0.29) is 18.4 Å². The standard InChI is InChI=1S/C35H41N3O2/c1-23-20-24(2)36-34-32(23)29-14-8-9-15-31(29)38(34)21-25-16-18-28(19-17-25)33(27-12-6-7-13-27)35(40)37-30(22-39)26-10-4-3-5-11-26/h3-5,10-11,16-20,27,30,33,39H,6-9,12-15,21-22H2,1-2H3,(H,37,40). The van der Waals surface area contributed by atoms with Crippen molar-refractivity contribution >= 4 is 16.9 Å². The molecule has 6 rings (SSSR count). The first-order chi connectivity index (χ1) is 19.5. The first-order valence-corrected chi connectivity index (χ1v) is 15.1. The highest BCUT2D eigenvalue weighted by Gasteiger charge is 2.33. The van der Waals surface area contributed by atoms with E-state index in [1.807, 2.05) is 30.3 Å². The third-order valence-electron chi connectivity index (χ3n) is 9.18. The molecule has 208 valence electrons. The number of aromatic nitrogens is 2. The molecule has 2 N–H and O–H groups in total. The molecule has 2 heterocycles. The third-order valence-corrected chi connectivity index (χ3v) is 9.18. The van der Waals surface area contributed by atoms with E-state index in [0.717, 1.165) is 54.7 Å². The fourth-order valence-electron chi connectivity index (χ4n) is 7.26. The Hall–Kier alpha value is -3.44. The van der Waals surface area contributed by atoms with Crippen LogP contribution in [-0.2, 0) is 24.2 Å². The molecule has 1 amide bonds. The Bertz CT molecular complexity index is 1480. The molecule has 5 nitrogen and oxygen atoms in total. The van der Waals surface area contributed by atoms with Crippen LogP contribution in [0.25, 0.3) is 11.0 Å². The Morgan fingerprint density at radius 2 is 1.70 bits per heavy atom. The summed E-state index contributed by atoms with van der Waals surface area (Å²) in [6.45, 7) is 4.99. The van der Waals surface area contributed by atoms with Crippen molar-refractivity contribution in [2.75, 3.05) is 6.61 Å². The molecule has 0 aliphatic heterocycles. The summed E-state index contributed by atoms with van der Waals surface area (Å²) in [5.74, 6) is 0.140. The lowest BCUT2D eigenvalue weighted by Crippen LogP contribution is -2.37. The van der Waals surface area contributed by atoms with Crippen LogP contribution < -0.4 is 5.32 Å². The number of benzene rings is 2. The molecule has 2 unspecified atom stereocenters. The Morgan fingerprint density at radius 3 is 2.42 bits per heavy atom. The van der Waals surface area contributed by atoms with Crippen molar-refractivity contribution in [2.45, 2.75) is 83.7 Å². The van der Waals surface area contributed by atoms with Gasteiger partial charge in [-0.05, 0) is 92.2 Å². The number of hydrogen-bond donors (Lipinski definition) is 2. The minimum Gasteiger partial charge on any atom is -0.394 e. The number of hydrogen-bond acceptors (Lipinski definition) is 3. The zero-order valence-electron chi connectivity index (χ0n) is 23.8. The van der Waals surface area contributed by atoms with Gasteiger partial charge in [-0.2, -0.15) is 0 Å². The lowest BCUT2D eigenvalue weighted by Gasteiger charge is -2.26. The molecule has 5 heteroatoms. The monoisotopic (exact) mass is 535 g/mol. The fourth-order valence-corrected chi connectivity index (χ4v) is 7.26. The second-order valence-corrected chi connectivity index (χ2v) is 11.9. The molecule has 0 bridgehead atoms. The van der Waals surface area contributed by atoms with Gasteiger partial charge in [-0.1, -0.05) is 67.4 Å². The topological polar surface area (TPSA) is 67.2 Å². The van der Waals surface area contributed by atoms with Crippen LogP contribution in [-0.4, -0.2) is 27.2 Å². The first-order valence-electron chi connectivity index (χ1n) is 15.1. The average Bonchev–Trinajstić information content (AvgIpc) is 3.60. The molecular formula is C35H41N3O2. The van der Waals surface area contributed by atoms with Crippen LogP contribution in [0.2, 0.25) is 0 Å². The number of amides is 1. The highest BCUT2D eigenvalue weighted by atomic mass is 16.3. The molecular weight excluding hydrogens is 494 g/mol. The van der Waals surface area contributed by atoms with Crippen LogP contribution in [0.15, 0.2) is 60.7 Å². The molecule has 2 aliphatic carbocycles. The van der Waals surface area contributed by atoms with Crippen LogP contribution in [0.3, 0.4) is 0 Å². The van der Waals surface area contributed by atoms with Crippen molar-refractivity contribution in [3.05, 3.63) is 99.9 Å².